The minimum Gasteiger partial charge on any atom is -0.393 e. The topological polar surface area (TPSA) is 20.2 Å². The molecule has 2 unspecified atom stereocenters. The molecule has 0 heterocycles. The summed E-state index contributed by atoms with van der Waals surface area (Å²) in [5.41, 5.74) is 1.04. The third-order valence-corrected chi connectivity index (χ3v) is 3.16. The maximum Gasteiger partial charge on any atom is 0.0606 e. The largest absolute Gasteiger partial charge is 0.393 e. The molecule has 0 aromatic heterocycles. The maximum atomic E-state index is 9.97. The number of rotatable bonds is 5. The molecule has 0 radical (unpaired) electrons. The lowest BCUT2D eigenvalue weighted by atomic mass is 9.94. The molecule has 0 saturated heterocycles. The van der Waals surface area contributed by atoms with Gasteiger partial charge in [0.2, 0.25) is 0 Å². The van der Waals surface area contributed by atoms with Crippen molar-refractivity contribution in [1.29, 1.82) is 0 Å². The number of hydrogen-bond donors (Lipinski definition) is 1. The molecule has 1 N–H and O–H groups in total. The molecule has 0 aliphatic rings. The minimum absolute atomic E-state index is 0.287. The van der Waals surface area contributed by atoms with Crippen LogP contribution in [0.1, 0.15) is 32.3 Å². The lowest BCUT2D eigenvalue weighted by molar-refractivity contribution is 0.111. The van der Waals surface area contributed by atoms with Gasteiger partial charge in [-0.1, -0.05) is 50.1 Å². The lowest BCUT2D eigenvalue weighted by Gasteiger charge is -2.18. The Morgan fingerprint density at radius 3 is 2.60 bits per heavy atom. The third kappa shape index (κ3) is 3.84. The Morgan fingerprint density at radius 2 is 2.00 bits per heavy atom. The van der Waals surface area contributed by atoms with Crippen molar-refractivity contribution in [2.24, 2.45) is 5.92 Å². The molecule has 0 spiro atoms. The van der Waals surface area contributed by atoms with Crippen molar-refractivity contribution < 1.29 is 5.11 Å². The van der Waals surface area contributed by atoms with E-state index in [4.69, 9.17) is 11.6 Å². The van der Waals surface area contributed by atoms with E-state index in [2.05, 4.69) is 13.8 Å². The summed E-state index contributed by atoms with van der Waals surface area (Å²) < 4.78 is 0. The molecule has 0 saturated carbocycles. The fourth-order valence-corrected chi connectivity index (χ4v) is 1.95. The highest BCUT2D eigenvalue weighted by Gasteiger charge is 2.14. The Balaban J connectivity index is 2.58. The number of aliphatic hydroxyl groups is 1. The Labute approximate surface area is 97.1 Å². The molecule has 0 aliphatic carbocycles. The third-order valence-electron chi connectivity index (χ3n) is 2.79. The first kappa shape index (κ1) is 12.5. The normalized spacial score (nSPS) is 14.9. The molecule has 1 aromatic rings. The van der Waals surface area contributed by atoms with E-state index in [-0.39, 0.29) is 6.10 Å². The molecule has 1 nitrogen and oxygen atoms in total. The van der Waals surface area contributed by atoms with Crippen molar-refractivity contribution in [2.75, 3.05) is 0 Å². The van der Waals surface area contributed by atoms with Crippen LogP contribution in [-0.4, -0.2) is 11.2 Å². The van der Waals surface area contributed by atoms with Gasteiger partial charge in [-0.25, -0.2) is 0 Å². The van der Waals surface area contributed by atoms with E-state index in [1.165, 1.54) is 0 Å². The molecule has 1 aromatic carbocycles. The van der Waals surface area contributed by atoms with Crippen LogP contribution >= 0.6 is 11.6 Å². The van der Waals surface area contributed by atoms with Crippen LogP contribution in [0.5, 0.6) is 0 Å². The van der Waals surface area contributed by atoms with Gasteiger partial charge in [0.25, 0.3) is 0 Å². The van der Waals surface area contributed by atoms with Gasteiger partial charge in [0.15, 0.2) is 0 Å². The van der Waals surface area contributed by atoms with Gasteiger partial charge in [-0.05, 0) is 24.0 Å². The summed E-state index contributed by atoms with van der Waals surface area (Å²) >= 11 is 6.04. The Hall–Kier alpha value is -0.530. The zero-order valence-electron chi connectivity index (χ0n) is 9.41. The maximum absolute atomic E-state index is 9.97. The van der Waals surface area contributed by atoms with E-state index in [1.54, 1.807) is 0 Å². The minimum atomic E-state index is -0.287. The summed E-state index contributed by atoms with van der Waals surface area (Å²) in [6, 6.07) is 7.71. The van der Waals surface area contributed by atoms with Crippen molar-refractivity contribution in [1.82, 2.24) is 0 Å². The van der Waals surface area contributed by atoms with Crippen molar-refractivity contribution in [3.63, 3.8) is 0 Å². The molecule has 0 amide bonds. The first-order chi connectivity index (χ1) is 7.15. The van der Waals surface area contributed by atoms with Crippen LogP contribution in [0, 0.1) is 5.92 Å². The second-order valence-corrected chi connectivity index (χ2v) is 4.54. The van der Waals surface area contributed by atoms with Gasteiger partial charge in [-0.15, -0.1) is 0 Å². The summed E-state index contributed by atoms with van der Waals surface area (Å²) in [5, 5.41) is 10.7. The second-order valence-electron chi connectivity index (χ2n) is 4.13. The second kappa shape index (κ2) is 6.14. The Morgan fingerprint density at radius 1 is 1.33 bits per heavy atom. The van der Waals surface area contributed by atoms with E-state index < -0.39 is 0 Å². The quantitative estimate of drug-likeness (QED) is 0.812. The molecular weight excluding hydrogens is 208 g/mol. The monoisotopic (exact) mass is 226 g/mol. The van der Waals surface area contributed by atoms with Crippen LogP contribution in [0.15, 0.2) is 24.3 Å². The highest BCUT2D eigenvalue weighted by molar-refractivity contribution is 6.31. The smallest absolute Gasteiger partial charge is 0.0606 e. The van der Waals surface area contributed by atoms with Gasteiger partial charge in [0.1, 0.15) is 0 Å². The molecule has 84 valence electrons. The molecule has 2 heteroatoms. The van der Waals surface area contributed by atoms with Gasteiger partial charge in [-0.2, -0.15) is 0 Å². The molecule has 15 heavy (non-hydrogen) atoms. The van der Waals surface area contributed by atoms with Crippen LogP contribution in [0.2, 0.25) is 5.02 Å². The van der Waals surface area contributed by atoms with E-state index in [0.717, 1.165) is 23.4 Å². The van der Waals surface area contributed by atoms with Crippen LogP contribution in [0.25, 0.3) is 0 Å². The van der Waals surface area contributed by atoms with Crippen LogP contribution < -0.4 is 0 Å². The van der Waals surface area contributed by atoms with E-state index >= 15 is 0 Å². The predicted octanol–water partition coefficient (Wildman–Crippen LogP) is 3.68. The molecule has 1 rings (SSSR count). The average molecular weight is 227 g/mol. The van der Waals surface area contributed by atoms with Gasteiger partial charge in [0.05, 0.1) is 6.10 Å². The van der Waals surface area contributed by atoms with Crippen molar-refractivity contribution >= 4 is 11.6 Å². The van der Waals surface area contributed by atoms with Gasteiger partial charge >= 0.3 is 0 Å². The molecule has 0 bridgehead atoms. The Bertz CT molecular complexity index is 298. The standard InChI is InChI=1S/C13H19ClO/c1-3-6-10(2)13(15)9-11-7-4-5-8-12(11)14/h4-5,7-8,10,13,15H,3,6,9H2,1-2H3. The van der Waals surface area contributed by atoms with Crippen LogP contribution in [0.3, 0.4) is 0 Å². The van der Waals surface area contributed by atoms with E-state index in [1.807, 2.05) is 24.3 Å². The van der Waals surface area contributed by atoms with Crippen LogP contribution in [0.4, 0.5) is 0 Å². The fourth-order valence-electron chi connectivity index (χ4n) is 1.74. The van der Waals surface area contributed by atoms with Gasteiger partial charge in [0, 0.05) is 11.4 Å². The van der Waals surface area contributed by atoms with Crippen molar-refractivity contribution in [2.45, 2.75) is 39.2 Å². The number of benzene rings is 1. The van der Waals surface area contributed by atoms with Gasteiger partial charge in [-0.3, -0.25) is 0 Å². The average Bonchev–Trinajstić information content (AvgIpc) is 2.21. The SMILES string of the molecule is CCCC(C)C(O)Cc1ccccc1Cl. The summed E-state index contributed by atoms with van der Waals surface area (Å²) in [5.74, 6) is 0.339. The summed E-state index contributed by atoms with van der Waals surface area (Å²) in [6.07, 6.45) is 2.54. The summed E-state index contributed by atoms with van der Waals surface area (Å²) in [7, 11) is 0. The zero-order valence-corrected chi connectivity index (χ0v) is 10.2. The number of halogens is 1. The molecule has 0 aliphatic heterocycles. The zero-order chi connectivity index (χ0) is 11.3. The lowest BCUT2D eigenvalue weighted by Crippen LogP contribution is -2.20. The molecular formula is C13H19ClO. The van der Waals surface area contributed by atoms with E-state index in [9.17, 15) is 5.11 Å². The summed E-state index contributed by atoms with van der Waals surface area (Å²) in [4.78, 5) is 0. The highest BCUT2D eigenvalue weighted by atomic mass is 35.5. The first-order valence-corrected chi connectivity index (χ1v) is 5.94. The molecule has 2 atom stereocenters. The number of aliphatic hydroxyl groups excluding tert-OH is 1. The summed E-state index contributed by atoms with van der Waals surface area (Å²) in [6.45, 7) is 4.23. The van der Waals surface area contributed by atoms with E-state index in [0.29, 0.717) is 12.3 Å². The molecule has 0 fully saturated rings. The fraction of sp³-hybridized carbons (Fsp3) is 0.538. The predicted molar refractivity (Wildman–Crippen MR) is 65.2 cm³/mol. The first-order valence-electron chi connectivity index (χ1n) is 5.56. The van der Waals surface area contributed by atoms with Gasteiger partial charge < -0.3 is 5.11 Å². The highest BCUT2D eigenvalue weighted by Crippen LogP contribution is 2.20. The van der Waals surface area contributed by atoms with Crippen molar-refractivity contribution in [3.8, 4) is 0 Å². The number of hydrogen-bond acceptors (Lipinski definition) is 1. The van der Waals surface area contributed by atoms with Crippen LogP contribution in [-0.2, 0) is 6.42 Å². The Kier molecular flexibility index (Phi) is 5.13. The van der Waals surface area contributed by atoms with Crippen molar-refractivity contribution in [3.05, 3.63) is 34.9 Å².